The summed E-state index contributed by atoms with van der Waals surface area (Å²) in [5, 5.41) is 9.65. The zero-order valence-corrected chi connectivity index (χ0v) is 19.7. The molecule has 0 N–H and O–H groups in total. The molecule has 1 saturated carbocycles. The van der Waals surface area contributed by atoms with Crippen LogP contribution in [-0.2, 0) is 16.1 Å². The summed E-state index contributed by atoms with van der Waals surface area (Å²) in [6.45, 7) is 10.7. The average molecular weight is 455 g/mol. The number of ether oxygens (including phenoxy) is 1. The molecule has 170 valence electrons. The summed E-state index contributed by atoms with van der Waals surface area (Å²) in [4.78, 5) is 25.6. The lowest BCUT2D eigenvalue weighted by Crippen LogP contribution is -2.36. The van der Waals surface area contributed by atoms with Crippen molar-refractivity contribution in [1.82, 2.24) is 19.2 Å². The van der Waals surface area contributed by atoms with E-state index in [1.54, 1.807) is 16.7 Å². The Morgan fingerprint density at radius 2 is 2.09 bits per heavy atom. The molecule has 0 spiro atoms. The summed E-state index contributed by atoms with van der Waals surface area (Å²) in [7, 11) is 0. The van der Waals surface area contributed by atoms with Gasteiger partial charge in [-0.25, -0.2) is 0 Å². The molecule has 4 rings (SSSR count). The Morgan fingerprint density at radius 1 is 1.31 bits per heavy atom. The molecule has 32 heavy (non-hydrogen) atoms. The lowest BCUT2D eigenvalue weighted by molar-refractivity contribution is -0.152. The van der Waals surface area contributed by atoms with Gasteiger partial charge in [-0.2, -0.15) is 0 Å². The van der Waals surface area contributed by atoms with Crippen molar-refractivity contribution in [2.75, 3.05) is 5.75 Å². The summed E-state index contributed by atoms with van der Waals surface area (Å²) < 4.78 is 9.30. The Kier molecular flexibility index (Phi) is 6.69. The second-order valence-corrected chi connectivity index (χ2v) is 9.93. The van der Waals surface area contributed by atoms with Crippen molar-refractivity contribution < 1.29 is 9.53 Å². The van der Waals surface area contributed by atoms with Crippen LogP contribution in [0.1, 0.15) is 40.0 Å². The largest absolute Gasteiger partial charge is 0.461 e. The van der Waals surface area contributed by atoms with Crippen molar-refractivity contribution in [3.63, 3.8) is 0 Å². The second-order valence-electron chi connectivity index (χ2n) is 8.98. The number of carbonyl (C=O) groups is 1. The maximum atomic E-state index is 12.9. The van der Waals surface area contributed by atoms with E-state index in [2.05, 4.69) is 37.5 Å². The molecule has 2 heterocycles. The number of allylic oxidation sites excluding steroid dienone is 1. The molecule has 3 unspecified atom stereocenters. The Balaban J connectivity index is 1.58. The van der Waals surface area contributed by atoms with Crippen molar-refractivity contribution in [2.45, 2.75) is 57.8 Å². The second kappa shape index (κ2) is 9.48. The van der Waals surface area contributed by atoms with Gasteiger partial charge in [0, 0.05) is 6.54 Å². The minimum absolute atomic E-state index is 0.0272. The summed E-state index contributed by atoms with van der Waals surface area (Å²) in [6, 6.07) is 7.36. The highest BCUT2D eigenvalue weighted by atomic mass is 32.2. The van der Waals surface area contributed by atoms with E-state index in [1.807, 2.05) is 22.6 Å². The molecular weight excluding hydrogens is 424 g/mol. The summed E-state index contributed by atoms with van der Waals surface area (Å²) in [6.07, 6.45) is 4.85. The van der Waals surface area contributed by atoms with Crippen LogP contribution in [0, 0.1) is 17.8 Å². The lowest BCUT2D eigenvalue weighted by Gasteiger charge is -2.36. The Morgan fingerprint density at radius 3 is 2.84 bits per heavy atom. The van der Waals surface area contributed by atoms with Gasteiger partial charge in [-0.05, 0) is 42.7 Å². The van der Waals surface area contributed by atoms with Crippen LogP contribution in [-0.4, -0.2) is 37.0 Å². The molecule has 1 aliphatic carbocycles. The topological polar surface area (TPSA) is 78.5 Å². The highest BCUT2D eigenvalue weighted by Crippen LogP contribution is 2.35. The van der Waals surface area contributed by atoms with Gasteiger partial charge in [-0.1, -0.05) is 57.2 Å². The van der Waals surface area contributed by atoms with E-state index in [4.69, 9.17) is 4.74 Å². The number of benzene rings is 1. The van der Waals surface area contributed by atoms with E-state index in [0.717, 1.165) is 18.4 Å². The van der Waals surface area contributed by atoms with Gasteiger partial charge >= 0.3 is 5.97 Å². The van der Waals surface area contributed by atoms with Gasteiger partial charge in [-0.3, -0.25) is 18.6 Å². The van der Waals surface area contributed by atoms with Crippen molar-refractivity contribution >= 4 is 34.4 Å². The maximum absolute atomic E-state index is 12.9. The van der Waals surface area contributed by atoms with Crippen LogP contribution in [0.4, 0.5) is 0 Å². The molecule has 1 fully saturated rings. The van der Waals surface area contributed by atoms with Gasteiger partial charge in [0.05, 0.1) is 16.7 Å². The molecule has 0 aliphatic heterocycles. The van der Waals surface area contributed by atoms with Crippen LogP contribution in [0.15, 0.2) is 46.9 Å². The molecule has 0 bridgehead atoms. The van der Waals surface area contributed by atoms with E-state index in [0.29, 0.717) is 40.6 Å². The predicted molar refractivity (Wildman–Crippen MR) is 127 cm³/mol. The molecule has 0 amide bonds. The maximum Gasteiger partial charge on any atom is 0.316 e. The molecule has 8 heteroatoms. The number of fused-ring (bicyclic) bond motifs is 3. The quantitative estimate of drug-likeness (QED) is 0.300. The Labute approximate surface area is 191 Å². The molecule has 3 atom stereocenters. The van der Waals surface area contributed by atoms with Crippen LogP contribution in [0.25, 0.3) is 16.7 Å². The zero-order chi connectivity index (χ0) is 22.8. The highest BCUT2D eigenvalue weighted by molar-refractivity contribution is 7.99. The fraction of sp³-hybridized carbons (Fsp3) is 0.500. The zero-order valence-electron chi connectivity index (χ0n) is 18.9. The first-order valence-electron chi connectivity index (χ1n) is 11.2. The minimum Gasteiger partial charge on any atom is -0.461 e. The van der Waals surface area contributed by atoms with Gasteiger partial charge in [0.1, 0.15) is 6.10 Å². The van der Waals surface area contributed by atoms with E-state index in [-0.39, 0.29) is 23.4 Å². The van der Waals surface area contributed by atoms with Gasteiger partial charge in [0.25, 0.3) is 5.56 Å². The lowest BCUT2D eigenvalue weighted by atomic mass is 9.75. The number of thioether (sulfide) groups is 1. The number of para-hydroxylation sites is 1. The molecule has 3 aromatic rings. The van der Waals surface area contributed by atoms with Crippen molar-refractivity contribution in [3.05, 3.63) is 47.3 Å². The van der Waals surface area contributed by atoms with Gasteiger partial charge < -0.3 is 4.74 Å². The monoisotopic (exact) mass is 454 g/mol. The summed E-state index contributed by atoms with van der Waals surface area (Å²) in [5.74, 6) is 1.81. The Bertz CT molecular complexity index is 1200. The van der Waals surface area contributed by atoms with Crippen LogP contribution >= 0.6 is 11.8 Å². The summed E-state index contributed by atoms with van der Waals surface area (Å²) >= 11 is 1.28. The smallest absolute Gasteiger partial charge is 0.316 e. The predicted octanol–water partition coefficient (Wildman–Crippen LogP) is 4.33. The van der Waals surface area contributed by atoms with Gasteiger partial charge in [-0.15, -0.1) is 16.8 Å². The van der Waals surface area contributed by atoms with Crippen molar-refractivity contribution in [1.29, 1.82) is 0 Å². The van der Waals surface area contributed by atoms with E-state index < -0.39 is 0 Å². The Hall–Kier alpha value is -2.61. The number of hydrogen-bond acceptors (Lipinski definition) is 6. The summed E-state index contributed by atoms with van der Waals surface area (Å²) in [5.41, 5.74) is 0.581. The van der Waals surface area contributed by atoms with Crippen LogP contribution in [0.3, 0.4) is 0 Å². The number of aromatic nitrogens is 4. The third kappa shape index (κ3) is 4.33. The fourth-order valence-corrected chi connectivity index (χ4v) is 5.42. The van der Waals surface area contributed by atoms with Crippen LogP contribution in [0.5, 0.6) is 0 Å². The van der Waals surface area contributed by atoms with Crippen molar-refractivity contribution in [2.24, 2.45) is 17.8 Å². The SMILES string of the molecule is C=CCn1c(=O)c2ccccc2n2c(SCC(=O)OC3CC(C)CCC3C(C)C)nnc12. The molecule has 7 nitrogen and oxygen atoms in total. The molecule has 2 aromatic heterocycles. The number of hydrogen-bond donors (Lipinski definition) is 0. The standard InChI is InChI=1S/C24H30N4O3S/c1-5-12-27-22(30)18-8-6-7-9-19(18)28-23(27)25-26-24(28)32-14-21(29)31-20-13-16(4)10-11-17(20)15(2)3/h5-9,15-17,20H,1,10-14H2,2-4H3. The minimum atomic E-state index is -0.236. The number of rotatable bonds is 7. The van der Waals surface area contributed by atoms with Crippen LogP contribution in [0.2, 0.25) is 0 Å². The molecule has 1 aromatic carbocycles. The van der Waals surface area contributed by atoms with E-state index >= 15 is 0 Å². The van der Waals surface area contributed by atoms with Gasteiger partial charge in [0.15, 0.2) is 5.16 Å². The van der Waals surface area contributed by atoms with Gasteiger partial charge in [0.2, 0.25) is 5.78 Å². The average Bonchev–Trinajstić information content (AvgIpc) is 3.19. The fourth-order valence-electron chi connectivity index (χ4n) is 4.70. The van der Waals surface area contributed by atoms with Crippen LogP contribution < -0.4 is 5.56 Å². The number of carbonyl (C=O) groups excluding carboxylic acids is 1. The highest BCUT2D eigenvalue weighted by Gasteiger charge is 2.33. The number of esters is 1. The molecule has 0 radical (unpaired) electrons. The number of nitrogens with zero attached hydrogens (tertiary/aromatic N) is 4. The third-order valence-electron chi connectivity index (χ3n) is 6.35. The molecule has 1 aliphatic rings. The first-order chi connectivity index (χ1) is 15.4. The normalized spacial score (nSPS) is 21.3. The first-order valence-corrected chi connectivity index (χ1v) is 12.2. The van der Waals surface area contributed by atoms with E-state index in [1.165, 1.54) is 18.2 Å². The van der Waals surface area contributed by atoms with E-state index in [9.17, 15) is 9.59 Å². The first kappa shape index (κ1) is 22.6. The third-order valence-corrected chi connectivity index (χ3v) is 7.26. The van der Waals surface area contributed by atoms with Crippen molar-refractivity contribution in [3.8, 4) is 0 Å². The molecular formula is C24H30N4O3S. The molecule has 0 saturated heterocycles.